The van der Waals surface area contributed by atoms with E-state index >= 15 is 0 Å². The fourth-order valence-electron chi connectivity index (χ4n) is 1.35. The second-order valence-corrected chi connectivity index (χ2v) is 2.84. The highest BCUT2D eigenvalue weighted by Gasteiger charge is 2.63. The van der Waals surface area contributed by atoms with Gasteiger partial charge in [-0.25, -0.2) is 0 Å². The Hall–Kier alpha value is -0.570. The highest BCUT2D eigenvalue weighted by Crippen LogP contribution is 2.55. The van der Waals surface area contributed by atoms with Gasteiger partial charge in [0.25, 0.3) is 0 Å². The lowest BCUT2D eigenvalue weighted by Gasteiger charge is -2.09. The zero-order valence-electron chi connectivity index (χ0n) is 10.3. The second-order valence-electron chi connectivity index (χ2n) is 2.84. The Morgan fingerprint density at radius 2 is 2.82 bits per heavy atom. The van der Waals surface area contributed by atoms with Gasteiger partial charge in [0.05, 0.1) is 12.0 Å². The van der Waals surface area contributed by atoms with Crippen LogP contribution in [0.1, 0.15) is 18.8 Å². The number of piperidine rings is 1. The van der Waals surface area contributed by atoms with Crippen LogP contribution >= 0.6 is 0 Å². The third-order valence-corrected chi connectivity index (χ3v) is 2.13. The number of esters is 1. The maximum atomic E-state index is 11.6. The number of rotatable bonds is 2. The Morgan fingerprint density at radius 3 is 3.27 bits per heavy atom. The summed E-state index contributed by atoms with van der Waals surface area (Å²) in [6.45, 7) is -2.01. The van der Waals surface area contributed by atoms with Gasteiger partial charge in [0.1, 0.15) is 0 Å². The van der Waals surface area contributed by atoms with E-state index in [0.717, 1.165) is 0 Å². The topological polar surface area (TPSA) is 38.3 Å². The average molecular weight is 159 g/mol. The normalized spacial score (nSPS) is 54.5. The number of hydrogen-bond acceptors (Lipinski definition) is 3. The molecule has 2 fully saturated rings. The molecule has 3 nitrogen and oxygen atoms in total. The van der Waals surface area contributed by atoms with Crippen LogP contribution in [0.15, 0.2) is 0 Å². The molecule has 1 heterocycles. The number of carbonyl (C=O) groups is 1. The summed E-state index contributed by atoms with van der Waals surface area (Å²) >= 11 is 0. The number of ether oxygens (including phenoxy) is 1. The van der Waals surface area contributed by atoms with E-state index in [0.29, 0.717) is 0 Å². The SMILES string of the molecule is [2H]C1([2H])NC([2H])([2H])C2(C(=O)OCC)CC12. The summed E-state index contributed by atoms with van der Waals surface area (Å²) < 4.78 is 35.2. The molecule has 2 rings (SSSR count). The minimum Gasteiger partial charge on any atom is -0.466 e. The summed E-state index contributed by atoms with van der Waals surface area (Å²) in [4.78, 5) is 11.6. The first kappa shape index (κ1) is 3.90. The molecule has 0 spiro atoms. The van der Waals surface area contributed by atoms with Gasteiger partial charge < -0.3 is 10.1 Å². The Kier molecular flexibility index (Phi) is 0.781. The van der Waals surface area contributed by atoms with Gasteiger partial charge in [0, 0.05) is 12.0 Å². The first-order valence-corrected chi connectivity index (χ1v) is 3.74. The Morgan fingerprint density at radius 1 is 2.00 bits per heavy atom. The van der Waals surface area contributed by atoms with Crippen molar-refractivity contribution in [1.82, 2.24) is 5.32 Å². The molecular weight excluding hydrogens is 142 g/mol. The van der Waals surface area contributed by atoms with E-state index in [2.05, 4.69) is 5.32 Å². The highest BCUT2D eigenvalue weighted by molar-refractivity contribution is 5.81. The fourth-order valence-corrected chi connectivity index (χ4v) is 1.35. The van der Waals surface area contributed by atoms with E-state index in [1.54, 1.807) is 6.92 Å². The van der Waals surface area contributed by atoms with Crippen LogP contribution < -0.4 is 5.32 Å². The van der Waals surface area contributed by atoms with Crippen molar-refractivity contribution in [3.8, 4) is 0 Å². The molecule has 11 heavy (non-hydrogen) atoms. The van der Waals surface area contributed by atoms with Gasteiger partial charge in [0.2, 0.25) is 0 Å². The summed E-state index contributed by atoms with van der Waals surface area (Å²) in [6, 6.07) is 0. The summed E-state index contributed by atoms with van der Waals surface area (Å²) in [6.07, 6.45) is 0.221. The lowest BCUT2D eigenvalue weighted by atomic mass is 10.1. The molecule has 2 unspecified atom stereocenters. The highest BCUT2D eigenvalue weighted by atomic mass is 16.5. The van der Waals surface area contributed by atoms with Crippen molar-refractivity contribution in [3.05, 3.63) is 0 Å². The molecular formula is C8H13NO2. The number of carbonyl (C=O) groups excluding carboxylic acids is 1. The van der Waals surface area contributed by atoms with Crippen molar-refractivity contribution in [1.29, 1.82) is 0 Å². The lowest BCUT2D eigenvalue weighted by molar-refractivity contribution is -0.149. The van der Waals surface area contributed by atoms with E-state index in [4.69, 9.17) is 10.2 Å². The van der Waals surface area contributed by atoms with Crippen molar-refractivity contribution in [2.45, 2.75) is 13.3 Å². The van der Waals surface area contributed by atoms with Gasteiger partial charge in [-0.1, -0.05) is 0 Å². The second kappa shape index (κ2) is 2.21. The van der Waals surface area contributed by atoms with Crippen molar-refractivity contribution in [2.24, 2.45) is 11.3 Å². The Balaban J connectivity index is 2.29. The summed E-state index contributed by atoms with van der Waals surface area (Å²) in [5.41, 5.74) is -1.31. The molecule has 0 aromatic heterocycles. The predicted octanol–water partition coefficient (Wildman–Crippen LogP) is 0.159. The van der Waals surface area contributed by atoms with Gasteiger partial charge in [-0.15, -0.1) is 0 Å². The molecule has 1 saturated heterocycles. The molecule has 2 atom stereocenters. The van der Waals surface area contributed by atoms with Crippen LogP contribution in [-0.4, -0.2) is 25.6 Å². The molecule has 0 aromatic rings. The van der Waals surface area contributed by atoms with E-state index in [9.17, 15) is 4.79 Å². The number of nitrogens with one attached hydrogen (secondary N) is 1. The van der Waals surface area contributed by atoms with E-state index in [1.807, 2.05) is 0 Å². The Labute approximate surface area is 71.7 Å². The summed E-state index contributed by atoms with van der Waals surface area (Å²) in [7, 11) is 0. The lowest BCUT2D eigenvalue weighted by Crippen LogP contribution is -2.25. The minimum atomic E-state index is -2.02. The molecule has 1 N–H and O–H groups in total. The van der Waals surface area contributed by atoms with Crippen LogP contribution in [0, 0.1) is 11.3 Å². The Bertz CT molecular complexity index is 320. The van der Waals surface area contributed by atoms with Crippen molar-refractivity contribution < 1.29 is 15.0 Å². The molecule has 62 valence electrons. The fraction of sp³-hybridized carbons (Fsp3) is 0.875. The molecule has 3 heteroatoms. The van der Waals surface area contributed by atoms with Gasteiger partial charge in [-0.3, -0.25) is 4.79 Å². The van der Waals surface area contributed by atoms with Gasteiger partial charge in [0.15, 0.2) is 0 Å². The quantitative estimate of drug-likeness (QED) is 0.583. The number of fused-ring (bicyclic) bond motifs is 1. The summed E-state index contributed by atoms with van der Waals surface area (Å²) in [5.74, 6) is -1.24. The third-order valence-electron chi connectivity index (χ3n) is 2.13. The maximum Gasteiger partial charge on any atom is 0.313 e. The molecule has 0 bridgehead atoms. The average Bonchev–Trinajstić information content (AvgIpc) is 2.74. The van der Waals surface area contributed by atoms with Crippen molar-refractivity contribution in [3.63, 3.8) is 0 Å². The standard InChI is InChI=1S/C8H13NO2/c1-2-11-7(10)8-3-6(8)4-9-5-8/h6,9H,2-5H2,1H3/i4D2,5D2. The molecule has 0 amide bonds. The zero-order valence-corrected chi connectivity index (χ0v) is 6.31. The van der Waals surface area contributed by atoms with E-state index in [-0.39, 0.29) is 13.0 Å². The van der Waals surface area contributed by atoms with Crippen LogP contribution in [0.3, 0.4) is 0 Å². The molecule has 0 aromatic carbocycles. The van der Waals surface area contributed by atoms with Crippen LogP contribution in [-0.2, 0) is 9.53 Å². The summed E-state index contributed by atoms with van der Waals surface area (Å²) in [5, 5.41) is 2.21. The van der Waals surface area contributed by atoms with Crippen LogP contribution in [0.5, 0.6) is 0 Å². The van der Waals surface area contributed by atoms with Crippen molar-refractivity contribution >= 4 is 5.97 Å². The largest absolute Gasteiger partial charge is 0.466 e. The van der Waals surface area contributed by atoms with Gasteiger partial charge in [-0.05, 0) is 25.8 Å². The van der Waals surface area contributed by atoms with Crippen LogP contribution in [0.4, 0.5) is 0 Å². The molecule has 1 aliphatic carbocycles. The smallest absolute Gasteiger partial charge is 0.313 e. The third kappa shape index (κ3) is 0.872. The van der Waals surface area contributed by atoms with E-state index < -0.39 is 30.3 Å². The van der Waals surface area contributed by atoms with Crippen molar-refractivity contribution in [2.75, 3.05) is 19.6 Å². The predicted molar refractivity (Wildman–Crippen MR) is 40.0 cm³/mol. The minimum absolute atomic E-state index is 0.187. The zero-order chi connectivity index (χ0) is 11.5. The molecule has 2 aliphatic rings. The van der Waals surface area contributed by atoms with Gasteiger partial charge >= 0.3 is 5.97 Å². The van der Waals surface area contributed by atoms with Gasteiger partial charge in [-0.2, -0.15) is 0 Å². The van der Waals surface area contributed by atoms with E-state index in [1.165, 1.54) is 0 Å². The van der Waals surface area contributed by atoms with Crippen LogP contribution in [0.25, 0.3) is 0 Å². The molecule has 0 radical (unpaired) electrons. The monoisotopic (exact) mass is 159 g/mol. The first-order chi connectivity index (χ1) is 6.78. The molecule has 1 saturated carbocycles. The maximum absolute atomic E-state index is 11.6. The first-order valence-electron chi connectivity index (χ1n) is 5.74. The van der Waals surface area contributed by atoms with Crippen LogP contribution in [0.2, 0.25) is 0 Å². The number of hydrogen-bond donors (Lipinski definition) is 1. The molecule has 1 aliphatic heterocycles.